The number of carbonyl (C=O) groups is 2. The fourth-order valence-electron chi connectivity index (χ4n) is 4.30. The van der Waals surface area contributed by atoms with Gasteiger partial charge in [0.25, 0.3) is 5.91 Å². The molecule has 3 rings (SSSR count). The SMILES string of the molecule is COCCCCn1c(C(=O)N(CC(C)C)[C@@H]2CNC[C@H](C(N)=O)C2)nc2cc(F)ccc21.Cl.Cl. The number of nitrogens with two attached hydrogens (primary N) is 1. The molecule has 1 aromatic carbocycles. The molecule has 1 fully saturated rings. The lowest BCUT2D eigenvalue weighted by Crippen LogP contribution is -2.54. The number of aromatic nitrogens is 2. The average molecular weight is 520 g/mol. The standard InChI is InChI=1S/C23H34FN5O3.2ClH/c1-15(2)14-29(18-10-16(21(25)30)12-26-13-18)23(31)22-27-19-11-17(24)6-7-20(19)28(22)8-4-5-9-32-3;;/h6-7,11,15-16,18,26H,4-5,8-10,12-14H2,1-3H3,(H2,25,30);2*1H/t16-,18+;;/m1../s1. The number of unbranched alkanes of at least 4 members (excludes halogenated alkanes) is 1. The normalized spacial score (nSPS) is 17.8. The largest absolute Gasteiger partial charge is 0.385 e. The van der Waals surface area contributed by atoms with E-state index >= 15 is 0 Å². The first-order valence-electron chi connectivity index (χ1n) is 11.3. The number of hydrogen-bond acceptors (Lipinski definition) is 5. The van der Waals surface area contributed by atoms with Crippen molar-refractivity contribution in [3.63, 3.8) is 0 Å². The van der Waals surface area contributed by atoms with Crippen molar-refractivity contribution in [2.75, 3.05) is 33.4 Å². The third kappa shape index (κ3) is 7.28. The zero-order valence-corrected chi connectivity index (χ0v) is 21.6. The average Bonchev–Trinajstić information content (AvgIpc) is 3.12. The van der Waals surface area contributed by atoms with Crippen molar-refractivity contribution in [1.29, 1.82) is 0 Å². The van der Waals surface area contributed by atoms with E-state index in [0.717, 1.165) is 18.4 Å². The molecule has 0 spiro atoms. The second kappa shape index (κ2) is 13.8. The molecule has 1 aliphatic rings. The van der Waals surface area contributed by atoms with Gasteiger partial charge in [0.15, 0.2) is 5.82 Å². The number of methoxy groups -OCH3 is 1. The molecule has 1 saturated heterocycles. The highest BCUT2D eigenvalue weighted by molar-refractivity contribution is 5.95. The first-order valence-corrected chi connectivity index (χ1v) is 11.3. The van der Waals surface area contributed by atoms with Crippen LogP contribution in [0.5, 0.6) is 0 Å². The van der Waals surface area contributed by atoms with E-state index in [1.807, 2.05) is 18.4 Å². The van der Waals surface area contributed by atoms with Gasteiger partial charge >= 0.3 is 0 Å². The second-order valence-corrected chi connectivity index (χ2v) is 8.92. The Morgan fingerprint density at radius 3 is 2.68 bits per heavy atom. The molecule has 3 N–H and O–H groups in total. The minimum Gasteiger partial charge on any atom is -0.385 e. The molecule has 1 aromatic heterocycles. The summed E-state index contributed by atoms with van der Waals surface area (Å²) in [5.41, 5.74) is 6.73. The number of hydrogen-bond donors (Lipinski definition) is 2. The maximum absolute atomic E-state index is 13.9. The molecule has 1 aliphatic heterocycles. The third-order valence-electron chi connectivity index (χ3n) is 5.87. The number of rotatable bonds is 10. The number of primary amides is 1. The molecule has 11 heteroatoms. The summed E-state index contributed by atoms with van der Waals surface area (Å²) in [5, 5.41) is 3.24. The number of benzene rings is 1. The summed E-state index contributed by atoms with van der Waals surface area (Å²) in [5.74, 6) is -0.757. The lowest BCUT2D eigenvalue weighted by Gasteiger charge is -2.38. The first kappa shape index (κ1) is 30.1. The van der Waals surface area contributed by atoms with Crippen LogP contribution in [-0.2, 0) is 16.1 Å². The zero-order valence-electron chi connectivity index (χ0n) is 20.0. The highest BCUT2D eigenvalue weighted by Crippen LogP contribution is 2.23. The molecule has 0 radical (unpaired) electrons. The van der Waals surface area contributed by atoms with Crippen LogP contribution in [0, 0.1) is 17.7 Å². The molecule has 0 aliphatic carbocycles. The minimum atomic E-state index is -0.389. The van der Waals surface area contributed by atoms with Gasteiger partial charge in [-0.2, -0.15) is 0 Å². The number of halogens is 3. The monoisotopic (exact) mass is 519 g/mol. The van der Waals surface area contributed by atoms with Crippen molar-refractivity contribution in [2.24, 2.45) is 17.6 Å². The van der Waals surface area contributed by atoms with Gasteiger partial charge in [0.05, 0.1) is 17.0 Å². The van der Waals surface area contributed by atoms with Gasteiger partial charge < -0.3 is 25.3 Å². The van der Waals surface area contributed by atoms with E-state index < -0.39 is 0 Å². The van der Waals surface area contributed by atoms with Gasteiger partial charge in [-0.25, -0.2) is 9.37 Å². The number of carbonyl (C=O) groups excluding carboxylic acids is 2. The molecule has 2 heterocycles. The minimum absolute atomic E-state index is 0. The van der Waals surface area contributed by atoms with Crippen LogP contribution in [0.2, 0.25) is 0 Å². The Balaban J connectivity index is 0.00000289. The highest BCUT2D eigenvalue weighted by Gasteiger charge is 2.34. The van der Waals surface area contributed by atoms with Crippen molar-refractivity contribution in [1.82, 2.24) is 19.8 Å². The molecule has 192 valence electrons. The smallest absolute Gasteiger partial charge is 0.290 e. The Hall–Kier alpha value is -1.94. The van der Waals surface area contributed by atoms with Gasteiger partial charge in [-0.1, -0.05) is 13.8 Å². The zero-order chi connectivity index (χ0) is 23.3. The predicted octanol–water partition coefficient (Wildman–Crippen LogP) is 3.01. The summed E-state index contributed by atoms with van der Waals surface area (Å²) in [6.07, 6.45) is 2.16. The summed E-state index contributed by atoms with van der Waals surface area (Å²) in [6, 6.07) is 4.24. The third-order valence-corrected chi connectivity index (χ3v) is 5.87. The number of amides is 2. The number of piperidine rings is 1. The summed E-state index contributed by atoms with van der Waals surface area (Å²) >= 11 is 0. The van der Waals surface area contributed by atoms with Crippen molar-refractivity contribution >= 4 is 47.7 Å². The van der Waals surface area contributed by atoms with Crippen molar-refractivity contribution < 1.29 is 18.7 Å². The summed E-state index contributed by atoms with van der Waals surface area (Å²) in [4.78, 5) is 31.9. The van der Waals surface area contributed by atoms with E-state index in [-0.39, 0.29) is 60.3 Å². The number of imidazole rings is 1. The lowest BCUT2D eigenvalue weighted by molar-refractivity contribution is -0.122. The van der Waals surface area contributed by atoms with Crippen LogP contribution in [-0.4, -0.2) is 65.7 Å². The molecular formula is C23H36Cl2FN5O3. The van der Waals surface area contributed by atoms with Gasteiger partial charge in [0, 0.05) is 52.0 Å². The van der Waals surface area contributed by atoms with Crippen LogP contribution in [0.3, 0.4) is 0 Å². The van der Waals surface area contributed by atoms with Gasteiger partial charge in [-0.05, 0) is 37.3 Å². The van der Waals surface area contributed by atoms with Crippen LogP contribution < -0.4 is 11.1 Å². The Morgan fingerprint density at radius 2 is 2.03 bits per heavy atom. The van der Waals surface area contributed by atoms with Gasteiger partial charge in [-0.15, -0.1) is 24.8 Å². The van der Waals surface area contributed by atoms with E-state index in [0.29, 0.717) is 50.5 Å². The van der Waals surface area contributed by atoms with E-state index in [2.05, 4.69) is 10.3 Å². The molecule has 8 nitrogen and oxygen atoms in total. The Bertz CT molecular complexity index is 956. The lowest BCUT2D eigenvalue weighted by atomic mass is 9.93. The van der Waals surface area contributed by atoms with Gasteiger partial charge in [-0.3, -0.25) is 9.59 Å². The van der Waals surface area contributed by atoms with Crippen LogP contribution >= 0.6 is 24.8 Å². The molecule has 2 aromatic rings. The highest BCUT2D eigenvalue weighted by atomic mass is 35.5. The van der Waals surface area contributed by atoms with Gasteiger partial charge in [0.1, 0.15) is 5.82 Å². The first-order chi connectivity index (χ1) is 15.3. The van der Waals surface area contributed by atoms with E-state index in [1.165, 1.54) is 12.1 Å². The van der Waals surface area contributed by atoms with Crippen LogP contribution in [0.25, 0.3) is 11.0 Å². The molecule has 34 heavy (non-hydrogen) atoms. The fourth-order valence-corrected chi connectivity index (χ4v) is 4.30. The Labute approximate surface area is 212 Å². The quantitative estimate of drug-likeness (QED) is 0.469. The summed E-state index contributed by atoms with van der Waals surface area (Å²) in [7, 11) is 1.66. The molecule has 2 amide bonds. The maximum atomic E-state index is 13.9. The summed E-state index contributed by atoms with van der Waals surface area (Å²) in [6.45, 7) is 6.94. The second-order valence-electron chi connectivity index (χ2n) is 8.92. The number of ether oxygens (including phenoxy) is 1. The predicted molar refractivity (Wildman–Crippen MR) is 135 cm³/mol. The Morgan fingerprint density at radius 1 is 1.29 bits per heavy atom. The van der Waals surface area contributed by atoms with Crippen LogP contribution in [0.15, 0.2) is 18.2 Å². The summed E-state index contributed by atoms with van der Waals surface area (Å²) < 4.78 is 20.9. The maximum Gasteiger partial charge on any atom is 0.290 e. The fraction of sp³-hybridized carbons (Fsp3) is 0.609. The van der Waals surface area contributed by atoms with Crippen LogP contribution in [0.4, 0.5) is 4.39 Å². The number of nitrogens with one attached hydrogen (secondary N) is 1. The number of nitrogens with zero attached hydrogens (tertiary/aromatic N) is 3. The molecular weight excluding hydrogens is 484 g/mol. The van der Waals surface area contributed by atoms with Crippen molar-refractivity contribution in [2.45, 2.75) is 45.7 Å². The van der Waals surface area contributed by atoms with E-state index in [4.69, 9.17) is 10.5 Å². The van der Waals surface area contributed by atoms with Crippen molar-refractivity contribution in [3.8, 4) is 0 Å². The molecule has 0 saturated carbocycles. The topological polar surface area (TPSA) is 102 Å². The number of aryl methyl sites for hydroxylation is 1. The van der Waals surface area contributed by atoms with Gasteiger partial charge in [0.2, 0.25) is 5.91 Å². The number of fused-ring (bicyclic) bond motifs is 1. The molecule has 0 unspecified atom stereocenters. The van der Waals surface area contributed by atoms with E-state index in [1.54, 1.807) is 18.1 Å². The molecule has 0 bridgehead atoms. The van der Waals surface area contributed by atoms with Crippen LogP contribution in [0.1, 0.15) is 43.7 Å². The Kier molecular flexibility index (Phi) is 12.2. The van der Waals surface area contributed by atoms with Crippen molar-refractivity contribution in [3.05, 3.63) is 29.8 Å². The van der Waals surface area contributed by atoms with E-state index in [9.17, 15) is 14.0 Å². The molecule has 2 atom stereocenters.